The average Bonchev–Trinajstić information content (AvgIpc) is 2.66. The van der Waals surface area contributed by atoms with Crippen LogP contribution in [0, 0.1) is 0 Å². The van der Waals surface area contributed by atoms with Gasteiger partial charge in [0.05, 0.1) is 36.1 Å². The Balaban J connectivity index is 1.68. The number of aliphatic hydroxyl groups excluding tert-OH is 1. The number of hydrogen-bond acceptors (Lipinski definition) is 8. The molecule has 0 spiro atoms. The van der Waals surface area contributed by atoms with E-state index in [2.05, 4.69) is 0 Å². The Morgan fingerprint density at radius 1 is 1.23 bits per heavy atom. The van der Waals surface area contributed by atoms with Crippen molar-refractivity contribution in [2.24, 2.45) is 0 Å². The molecule has 8 nitrogen and oxygen atoms in total. The summed E-state index contributed by atoms with van der Waals surface area (Å²) in [5, 5.41) is 32.8. The molecule has 31 heavy (non-hydrogen) atoms. The number of ketones is 3. The summed E-state index contributed by atoms with van der Waals surface area (Å²) < 4.78 is 11.6. The van der Waals surface area contributed by atoms with Crippen molar-refractivity contribution in [1.82, 2.24) is 0 Å². The fraction of sp³-hybridized carbons (Fsp3) is 0.522. The van der Waals surface area contributed by atoms with Crippen molar-refractivity contribution in [1.29, 1.82) is 0 Å². The highest BCUT2D eigenvalue weighted by atomic mass is 16.5. The van der Waals surface area contributed by atoms with Gasteiger partial charge in [0.25, 0.3) is 0 Å². The highest BCUT2D eigenvalue weighted by molar-refractivity contribution is 6.29. The van der Waals surface area contributed by atoms with Gasteiger partial charge in [0.15, 0.2) is 11.6 Å². The lowest BCUT2D eigenvalue weighted by atomic mass is 9.63. The molecule has 0 aromatic heterocycles. The molecule has 1 fully saturated rings. The summed E-state index contributed by atoms with van der Waals surface area (Å²) in [5.41, 5.74) is -1.21. The number of ether oxygens (including phenoxy) is 2. The highest BCUT2D eigenvalue weighted by Gasteiger charge is 2.62. The third kappa shape index (κ3) is 2.59. The van der Waals surface area contributed by atoms with E-state index >= 15 is 0 Å². The van der Waals surface area contributed by atoms with Gasteiger partial charge < -0.3 is 24.8 Å². The minimum atomic E-state index is -2.02. The molecule has 8 heteroatoms. The number of phenolic OH excluding ortho intramolecular Hbond substituents is 1. The Bertz CT molecular complexity index is 1070. The Hall–Kier alpha value is -2.39. The summed E-state index contributed by atoms with van der Waals surface area (Å²) in [4.78, 5) is 38.5. The Kier molecular flexibility index (Phi) is 4.34. The predicted molar refractivity (Wildman–Crippen MR) is 106 cm³/mol. The molecular weight excluding hydrogens is 404 g/mol. The van der Waals surface area contributed by atoms with Crippen LogP contribution in [-0.4, -0.2) is 62.7 Å². The van der Waals surface area contributed by atoms with E-state index in [1.54, 1.807) is 19.9 Å². The van der Waals surface area contributed by atoms with Gasteiger partial charge in [-0.1, -0.05) is 0 Å². The molecule has 164 valence electrons. The maximum absolute atomic E-state index is 13.5. The van der Waals surface area contributed by atoms with Crippen LogP contribution >= 0.6 is 0 Å². The van der Waals surface area contributed by atoms with Gasteiger partial charge in [-0.25, -0.2) is 0 Å². The van der Waals surface area contributed by atoms with Crippen molar-refractivity contribution in [2.75, 3.05) is 0 Å². The first-order valence-electron chi connectivity index (χ1n) is 10.5. The molecule has 0 radical (unpaired) electrons. The van der Waals surface area contributed by atoms with Gasteiger partial charge in [-0.05, 0) is 38.8 Å². The minimum Gasteiger partial charge on any atom is -0.507 e. The maximum atomic E-state index is 13.5. The maximum Gasteiger partial charge on any atom is 0.197 e. The van der Waals surface area contributed by atoms with Crippen LogP contribution in [-0.2, 0) is 20.7 Å². The lowest BCUT2D eigenvalue weighted by Gasteiger charge is -2.52. The summed E-state index contributed by atoms with van der Waals surface area (Å²) in [7, 11) is 0. The normalized spacial score (nSPS) is 36.2. The van der Waals surface area contributed by atoms with Crippen molar-refractivity contribution in [3.05, 3.63) is 39.5 Å². The van der Waals surface area contributed by atoms with Gasteiger partial charge in [0.1, 0.15) is 17.1 Å². The molecule has 2 bridgehead atoms. The average molecular weight is 428 g/mol. The molecule has 1 aromatic rings. The summed E-state index contributed by atoms with van der Waals surface area (Å²) in [5.74, 6) is -1.55. The number of hydrogen-bond donors (Lipinski definition) is 3. The van der Waals surface area contributed by atoms with Crippen LogP contribution in [0.15, 0.2) is 17.2 Å². The van der Waals surface area contributed by atoms with Crippen LogP contribution in [0.1, 0.15) is 71.6 Å². The number of benzene rings is 1. The number of phenols is 1. The van der Waals surface area contributed by atoms with Gasteiger partial charge in [0, 0.05) is 35.1 Å². The molecule has 3 heterocycles. The van der Waals surface area contributed by atoms with Crippen molar-refractivity contribution < 1.29 is 39.2 Å². The summed E-state index contributed by atoms with van der Waals surface area (Å²) in [6.45, 7) is 4.74. The Labute approximate surface area is 178 Å². The molecule has 4 unspecified atom stereocenters. The third-order valence-corrected chi connectivity index (χ3v) is 7.06. The zero-order valence-corrected chi connectivity index (χ0v) is 17.5. The predicted octanol–water partition coefficient (Wildman–Crippen LogP) is 1.33. The van der Waals surface area contributed by atoms with E-state index < -0.39 is 41.6 Å². The molecule has 6 atom stereocenters. The van der Waals surface area contributed by atoms with E-state index in [-0.39, 0.29) is 52.8 Å². The van der Waals surface area contributed by atoms with Crippen LogP contribution in [0.3, 0.4) is 0 Å². The fourth-order valence-corrected chi connectivity index (χ4v) is 5.69. The molecule has 5 aliphatic rings. The first-order valence-corrected chi connectivity index (χ1v) is 10.5. The lowest BCUT2D eigenvalue weighted by Crippen LogP contribution is -2.66. The van der Waals surface area contributed by atoms with Crippen LogP contribution in [0.5, 0.6) is 5.75 Å². The molecule has 1 aromatic carbocycles. The number of Topliss-reactive ketones (excluding diaryl/α,β-unsaturated/α-hetero) is 3. The standard InChI is InChI=1S/C23H24O8/c1-8(24)4-12-5-11-6-13-17(21(27)16(11)9(2)30-12)22(28)19-18(20(13)26)14-7-15(25)23(19,29)10(3)31-14/h6,9-10,12,14-15,25,27,29H,4-5,7H2,1-3H3/t9-,10?,12-,14?,15?,23?/m0/s1. The zero-order valence-electron chi connectivity index (χ0n) is 17.5. The van der Waals surface area contributed by atoms with Crippen molar-refractivity contribution in [3.8, 4) is 5.75 Å². The van der Waals surface area contributed by atoms with Crippen molar-refractivity contribution in [2.45, 2.75) is 76.2 Å². The molecule has 0 saturated carbocycles. The van der Waals surface area contributed by atoms with Gasteiger partial charge in [0.2, 0.25) is 0 Å². The van der Waals surface area contributed by atoms with E-state index in [0.29, 0.717) is 17.5 Å². The number of aliphatic hydroxyl groups is 2. The van der Waals surface area contributed by atoms with Crippen LogP contribution in [0.25, 0.3) is 0 Å². The monoisotopic (exact) mass is 428 g/mol. The van der Waals surface area contributed by atoms with Crippen LogP contribution in [0.4, 0.5) is 0 Å². The molecular formula is C23H24O8. The van der Waals surface area contributed by atoms with E-state index in [9.17, 15) is 29.7 Å². The fourth-order valence-electron chi connectivity index (χ4n) is 5.69. The molecule has 0 amide bonds. The second-order valence-corrected chi connectivity index (χ2v) is 9.02. The molecule has 6 rings (SSSR count). The second-order valence-electron chi connectivity index (χ2n) is 9.02. The van der Waals surface area contributed by atoms with E-state index in [0.717, 1.165) is 0 Å². The van der Waals surface area contributed by atoms with Gasteiger partial charge >= 0.3 is 0 Å². The van der Waals surface area contributed by atoms with Gasteiger partial charge in [-0.2, -0.15) is 0 Å². The summed E-state index contributed by atoms with van der Waals surface area (Å²) in [6, 6.07) is 1.59. The van der Waals surface area contributed by atoms with E-state index in [1.807, 2.05) is 0 Å². The van der Waals surface area contributed by atoms with E-state index in [4.69, 9.17) is 9.47 Å². The van der Waals surface area contributed by atoms with Crippen LogP contribution < -0.4 is 0 Å². The van der Waals surface area contributed by atoms with Gasteiger partial charge in [-0.3, -0.25) is 14.4 Å². The zero-order chi connectivity index (χ0) is 22.4. The molecule has 3 N–H and O–H groups in total. The largest absolute Gasteiger partial charge is 0.507 e. The first kappa shape index (κ1) is 20.5. The smallest absolute Gasteiger partial charge is 0.197 e. The number of fused-ring (bicyclic) bond motifs is 4. The first-order chi connectivity index (χ1) is 14.6. The quantitative estimate of drug-likeness (QED) is 0.643. The lowest BCUT2D eigenvalue weighted by molar-refractivity contribution is -0.207. The highest BCUT2D eigenvalue weighted by Crippen LogP contribution is 2.51. The number of carbonyl (C=O) groups excluding carboxylic acids is 3. The Morgan fingerprint density at radius 2 is 1.94 bits per heavy atom. The Morgan fingerprint density at radius 3 is 2.58 bits per heavy atom. The van der Waals surface area contributed by atoms with Crippen LogP contribution in [0.2, 0.25) is 0 Å². The number of aromatic hydroxyl groups is 1. The second kappa shape index (κ2) is 6.56. The SMILES string of the molecule is CC(=O)C[C@H]1Cc2cc3c(c(O)c2[C@H](C)O1)C(=O)C1=C(C3=O)C2CC(O)C1(O)C(C)O2. The van der Waals surface area contributed by atoms with Gasteiger partial charge in [-0.15, -0.1) is 0 Å². The summed E-state index contributed by atoms with van der Waals surface area (Å²) >= 11 is 0. The van der Waals surface area contributed by atoms with Crippen molar-refractivity contribution >= 4 is 17.3 Å². The summed E-state index contributed by atoms with van der Waals surface area (Å²) in [6.07, 6.45) is -3.36. The molecule has 2 aliphatic carbocycles. The third-order valence-electron chi connectivity index (χ3n) is 7.06. The molecule has 3 aliphatic heterocycles. The van der Waals surface area contributed by atoms with E-state index in [1.165, 1.54) is 6.92 Å². The minimum absolute atomic E-state index is 0.0104. The van der Waals surface area contributed by atoms with Crippen molar-refractivity contribution in [3.63, 3.8) is 0 Å². The number of carbonyl (C=O) groups is 3. The molecule has 1 saturated heterocycles. The number of rotatable bonds is 2. The topological polar surface area (TPSA) is 130 Å².